The molecule has 0 unspecified atom stereocenters. The molecule has 124 valence electrons. The van der Waals surface area contributed by atoms with E-state index in [-0.39, 0.29) is 23.8 Å². The topological polar surface area (TPSA) is 67.2 Å². The highest BCUT2D eigenvalue weighted by atomic mass is 32.2. The van der Waals surface area contributed by atoms with Crippen LogP contribution in [0.15, 0.2) is 35.7 Å². The fraction of sp³-hybridized carbons (Fsp3) is 0.412. The summed E-state index contributed by atoms with van der Waals surface area (Å²) in [5.41, 5.74) is 2.42. The number of aromatic nitrogens is 2. The first-order valence-electron chi connectivity index (χ1n) is 7.48. The fourth-order valence-electron chi connectivity index (χ4n) is 2.13. The maximum absolute atomic E-state index is 12.2. The molecule has 6 heteroatoms. The Morgan fingerprint density at radius 3 is 2.78 bits per heavy atom. The van der Waals surface area contributed by atoms with Crippen LogP contribution < -0.4 is 5.32 Å². The number of aliphatic hydroxyl groups excluding tert-OH is 1. The van der Waals surface area contributed by atoms with Crippen molar-refractivity contribution >= 4 is 23.4 Å². The predicted molar refractivity (Wildman–Crippen MR) is 93.7 cm³/mol. The Bertz CT molecular complexity index is 689. The second-order valence-electron chi connectivity index (χ2n) is 6.39. The zero-order valence-corrected chi connectivity index (χ0v) is 14.8. The number of carbonyl (C=O) groups is 1. The molecule has 0 spiro atoms. The summed E-state index contributed by atoms with van der Waals surface area (Å²) in [7, 11) is 0. The van der Waals surface area contributed by atoms with E-state index >= 15 is 0 Å². The molecule has 0 bridgehead atoms. The van der Waals surface area contributed by atoms with Crippen LogP contribution >= 0.6 is 11.8 Å². The van der Waals surface area contributed by atoms with E-state index in [0.717, 1.165) is 22.0 Å². The lowest BCUT2D eigenvalue weighted by Crippen LogP contribution is -2.22. The van der Waals surface area contributed by atoms with E-state index in [2.05, 4.69) is 35.6 Å². The number of nitrogens with zero attached hydrogens (tertiary/aromatic N) is 2. The lowest BCUT2D eigenvalue weighted by Gasteiger charge is -2.22. The average Bonchev–Trinajstić information content (AvgIpc) is 2.96. The van der Waals surface area contributed by atoms with Crippen molar-refractivity contribution in [2.45, 2.75) is 45.0 Å². The summed E-state index contributed by atoms with van der Waals surface area (Å²) in [6.07, 6.45) is 3.68. The van der Waals surface area contributed by atoms with Crippen molar-refractivity contribution in [2.24, 2.45) is 0 Å². The van der Waals surface area contributed by atoms with E-state index in [1.807, 2.05) is 25.3 Å². The summed E-state index contributed by atoms with van der Waals surface area (Å²) in [4.78, 5) is 16.5. The van der Waals surface area contributed by atoms with Gasteiger partial charge in [0, 0.05) is 23.6 Å². The van der Waals surface area contributed by atoms with Gasteiger partial charge in [0.2, 0.25) is 5.91 Å². The van der Waals surface area contributed by atoms with E-state index in [0.29, 0.717) is 0 Å². The normalized spacial score (nSPS) is 11.5. The highest BCUT2D eigenvalue weighted by Gasteiger charge is 2.17. The Morgan fingerprint density at radius 2 is 2.13 bits per heavy atom. The Kier molecular flexibility index (Phi) is 5.49. The van der Waals surface area contributed by atoms with Gasteiger partial charge in [0.25, 0.3) is 0 Å². The van der Waals surface area contributed by atoms with Crippen LogP contribution in [-0.2, 0) is 16.9 Å². The van der Waals surface area contributed by atoms with E-state index in [4.69, 9.17) is 0 Å². The number of nitrogens with one attached hydrogen (secondary N) is 1. The van der Waals surface area contributed by atoms with Crippen LogP contribution in [0.25, 0.3) is 0 Å². The van der Waals surface area contributed by atoms with Crippen LogP contribution in [0.4, 0.5) is 5.69 Å². The molecule has 0 saturated carbocycles. The zero-order chi connectivity index (χ0) is 17.0. The van der Waals surface area contributed by atoms with Gasteiger partial charge < -0.3 is 15.0 Å². The van der Waals surface area contributed by atoms with Gasteiger partial charge in [0.15, 0.2) is 5.16 Å². The molecule has 23 heavy (non-hydrogen) atoms. The number of amides is 1. The zero-order valence-electron chi connectivity index (χ0n) is 14.0. The number of aliphatic hydroxyl groups is 1. The van der Waals surface area contributed by atoms with Gasteiger partial charge in [-0.25, -0.2) is 4.98 Å². The second kappa shape index (κ2) is 7.19. The van der Waals surface area contributed by atoms with Crippen molar-refractivity contribution in [3.05, 3.63) is 41.7 Å². The van der Waals surface area contributed by atoms with Gasteiger partial charge in [-0.3, -0.25) is 4.79 Å². The van der Waals surface area contributed by atoms with Gasteiger partial charge in [0.1, 0.15) is 0 Å². The molecule has 0 aliphatic rings. The Labute approximate surface area is 141 Å². The van der Waals surface area contributed by atoms with Gasteiger partial charge in [0.05, 0.1) is 12.4 Å². The molecule has 0 aliphatic heterocycles. The van der Waals surface area contributed by atoms with Crippen LogP contribution in [0, 0.1) is 6.92 Å². The van der Waals surface area contributed by atoms with Crippen molar-refractivity contribution in [2.75, 3.05) is 11.1 Å². The third-order valence-electron chi connectivity index (χ3n) is 3.42. The van der Waals surface area contributed by atoms with E-state index in [1.165, 1.54) is 11.8 Å². The molecule has 1 amide bonds. The number of hydrogen-bond donors (Lipinski definition) is 2. The number of carbonyl (C=O) groups excluding carboxylic acids is 1. The van der Waals surface area contributed by atoms with Crippen LogP contribution in [-0.4, -0.2) is 26.3 Å². The maximum Gasteiger partial charge on any atom is 0.234 e. The monoisotopic (exact) mass is 333 g/mol. The minimum atomic E-state index is -0.0864. The summed E-state index contributed by atoms with van der Waals surface area (Å²) in [6.45, 7) is 8.19. The number of anilines is 1. The van der Waals surface area contributed by atoms with Crippen LogP contribution in [0.2, 0.25) is 0 Å². The molecule has 1 aromatic carbocycles. The van der Waals surface area contributed by atoms with Crippen molar-refractivity contribution in [3.8, 4) is 0 Å². The van der Waals surface area contributed by atoms with E-state index < -0.39 is 0 Å². The van der Waals surface area contributed by atoms with Crippen LogP contribution in [0.5, 0.6) is 0 Å². The molecular weight excluding hydrogens is 310 g/mol. The number of rotatable bonds is 5. The van der Waals surface area contributed by atoms with Crippen molar-refractivity contribution in [1.29, 1.82) is 0 Å². The number of thioether (sulfide) groups is 1. The third kappa shape index (κ3) is 4.59. The molecule has 0 aliphatic carbocycles. The Hall–Kier alpha value is -1.79. The summed E-state index contributed by atoms with van der Waals surface area (Å²) in [6, 6.07) is 5.54. The largest absolute Gasteiger partial charge is 0.392 e. The Morgan fingerprint density at radius 1 is 1.39 bits per heavy atom. The van der Waals surface area contributed by atoms with Crippen LogP contribution in [0.1, 0.15) is 31.9 Å². The summed E-state index contributed by atoms with van der Waals surface area (Å²) >= 11 is 1.41. The first kappa shape index (κ1) is 17.6. The lowest BCUT2D eigenvalue weighted by molar-refractivity contribution is -0.113. The predicted octanol–water partition coefficient (Wildman–Crippen LogP) is 3.17. The van der Waals surface area contributed by atoms with Gasteiger partial charge >= 0.3 is 0 Å². The number of aryl methyl sites for hydroxylation is 1. The average molecular weight is 333 g/mol. The molecule has 1 aromatic heterocycles. The SMILES string of the molecule is Cc1ccc(CO)cc1NC(=O)CSc1nccn1C(C)(C)C. The highest BCUT2D eigenvalue weighted by Crippen LogP contribution is 2.24. The van der Waals surface area contributed by atoms with Crippen molar-refractivity contribution in [1.82, 2.24) is 9.55 Å². The smallest absolute Gasteiger partial charge is 0.234 e. The fourth-order valence-corrected chi connectivity index (χ4v) is 3.07. The number of hydrogen-bond acceptors (Lipinski definition) is 4. The molecule has 0 radical (unpaired) electrons. The molecule has 2 aromatic rings. The molecule has 1 heterocycles. The third-order valence-corrected chi connectivity index (χ3v) is 4.39. The lowest BCUT2D eigenvalue weighted by atomic mass is 10.1. The van der Waals surface area contributed by atoms with Gasteiger partial charge in [-0.1, -0.05) is 23.9 Å². The molecule has 0 atom stereocenters. The minimum absolute atomic E-state index is 0.0408. The summed E-state index contributed by atoms with van der Waals surface area (Å²) < 4.78 is 2.06. The second-order valence-corrected chi connectivity index (χ2v) is 7.34. The van der Waals surface area contributed by atoms with Gasteiger partial charge in [-0.15, -0.1) is 0 Å². The maximum atomic E-state index is 12.2. The van der Waals surface area contributed by atoms with Crippen LogP contribution in [0.3, 0.4) is 0 Å². The first-order valence-corrected chi connectivity index (χ1v) is 8.46. The Balaban J connectivity index is 2.00. The van der Waals surface area contributed by atoms with Crippen molar-refractivity contribution < 1.29 is 9.90 Å². The summed E-state index contributed by atoms with van der Waals surface area (Å²) in [5.74, 6) is 0.201. The minimum Gasteiger partial charge on any atom is -0.392 e. The number of benzene rings is 1. The number of imidazole rings is 1. The van der Waals surface area contributed by atoms with Gasteiger partial charge in [-0.2, -0.15) is 0 Å². The molecule has 5 nitrogen and oxygen atoms in total. The van der Waals surface area contributed by atoms with Crippen molar-refractivity contribution in [3.63, 3.8) is 0 Å². The summed E-state index contributed by atoms with van der Waals surface area (Å²) in [5, 5.41) is 12.9. The molecule has 0 fully saturated rings. The highest BCUT2D eigenvalue weighted by molar-refractivity contribution is 7.99. The molecule has 2 rings (SSSR count). The standard InChI is InChI=1S/C17H23N3O2S/c1-12-5-6-13(10-21)9-14(12)19-15(22)11-23-16-18-7-8-20(16)17(2,3)4/h5-9,21H,10-11H2,1-4H3,(H,19,22). The molecule has 0 saturated heterocycles. The van der Waals surface area contributed by atoms with Gasteiger partial charge in [-0.05, 0) is 44.9 Å². The molecule has 2 N–H and O–H groups in total. The van der Waals surface area contributed by atoms with E-state index in [1.54, 1.807) is 12.3 Å². The first-order chi connectivity index (χ1) is 10.8. The molecular formula is C17H23N3O2S. The van der Waals surface area contributed by atoms with E-state index in [9.17, 15) is 9.90 Å². The quantitative estimate of drug-likeness (QED) is 0.825.